The van der Waals surface area contributed by atoms with Crippen molar-refractivity contribution in [1.29, 1.82) is 0 Å². The van der Waals surface area contributed by atoms with E-state index in [4.69, 9.17) is 0 Å². The van der Waals surface area contributed by atoms with Crippen molar-refractivity contribution >= 4 is 37.9 Å². The number of rotatable bonds is 4. The number of azo groups is 1. The third kappa shape index (κ3) is 4.01. The van der Waals surface area contributed by atoms with Gasteiger partial charge in [0, 0.05) is 0 Å². The lowest BCUT2D eigenvalue weighted by Gasteiger charge is -2.10. The van der Waals surface area contributed by atoms with Gasteiger partial charge in [0.05, 0.1) is 17.3 Å². The number of aromatic hydroxyl groups is 2. The Hall–Kier alpha value is -3.13. The zero-order valence-electron chi connectivity index (χ0n) is 15.1. The van der Waals surface area contributed by atoms with Crippen LogP contribution in [0.4, 0.5) is 17.1 Å². The summed E-state index contributed by atoms with van der Waals surface area (Å²) in [5, 5.41) is 30.0. The van der Waals surface area contributed by atoms with E-state index in [-0.39, 0.29) is 22.9 Å². The Labute approximate surface area is 157 Å². The van der Waals surface area contributed by atoms with Gasteiger partial charge >= 0.3 is 0 Å². The highest BCUT2D eigenvalue weighted by atomic mass is 32.2. The van der Waals surface area contributed by atoms with E-state index in [2.05, 4.69) is 15.0 Å². The quantitative estimate of drug-likeness (QED) is 0.567. The van der Waals surface area contributed by atoms with E-state index in [0.29, 0.717) is 22.0 Å². The van der Waals surface area contributed by atoms with Gasteiger partial charge in [0.15, 0.2) is 5.75 Å². The fourth-order valence-electron chi connectivity index (χ4n) is 2.85. The van der Waals surface area contributed by atoms with Crippen LogP contribution in [-0.2, 0) is 10.0 Å². The zero-order chi connectivity index (χ0) is 19.8. The van der Waals surface area contributed by atoms with E-state index < -0.39 is 10.0 Å². The first-order valence-electron chi connectivity index (χ1n) is 8.10. The van der Waals surface area contributed by atoms with Crippen LogP contribution in [0.15, 0.2) is 52.7 Å². The lowest BCUT2D eigenvalue weighted by Crippen LogP contribution is -2.09. The van der Waals surface area contributed by atoms with E-state index in [0.717, 1.165) is 11.8 Å². The van der Waals surface area contributed by atoms with Crippen LogP contribution in [0.25, 0.3) is 10.8 Å². The van der Waals surface area contributed by atoms with Crippen LogP contribution < -0.4 is 4.72 Å². The van der Waals surface area contributed by atoms with E-state index in [1.54, 1.807) is 43.3 Å². The largest absolute Gasteiger partial charge is 0.507 e. The van der Waals surface area contributed by atoms with Gasteiger partial charge in [-0.05, 0) is 54.6 Å². The van der Waals surface area contributed by atoms with Crippen LogP contribution in [0.1, 0.15) is 11.1 Å². The van der Waals surface area contributed by atoms with Gasteiger partial charge in [-0.15, -0.1) is 10.2 Å². The molecule has 0 heterocycles. The lowest BCUT2D eigenvalue weighted by molar-refractivity contribution is 0.464. The summed E-state index contributed by atoms with van der Waals surface area (Å²) in [6, 6.07) is 11.8. The highest BCUT2D eigenvalue weighted by Crippen LogP contribution is 2.43. The number of hydrogen-bond donors (Lipinski definition) is 3. The third-order valence-electron chi connectivity index (χ3n) is 3.96. The van der Waals surface area contributed by atoms with Crippen LogP contribution in [-0.4, -0.2) is 24.9 Å². The Bertz CT molecular complexity index is 1170. The summed E-state index contributed by atoms with van der Waals surface area (Å²) in [7, 11) is -3.47. The molecule has 0 saturated heterocycles. The lowest BCUT2D eigenvalue weighted by atomic mass is 10.0. The predicted molar refractivity (Wildman–Crippen MR) is 106 cm³/mol. The van der Waals surface area contributed by atoms with Crippen molar-refractivity contribution in [2.45, 2.75) is 13.8 Å². The molecular formula is C19H19N3O4S. The van der Waals surface area contributed by atoms with Gasteiger partial charge < -0.3 is 10.2 Å². The van der Waals surface area contributed by atoms with Gasteiger partial charge in [0.2, 0.25) is 10.0 Å². The monoisotopic (exact) mass is 385 g/mol. The molecule has 7 nitrogen and oxygen atoms in total. The molecule has 0 aliphatic heterocycles. The van der Waals surface area contributed by atoms with Crippen molar-refractivity contribution in [3.8, 4) is 11.5 Å². The van der Waals surface area contributed by atoms with Crippen LogP contribution in [0.3, 0.4) is 0 Å². The second kappa shape index (κ2) is 6.88. The summed E-state index contributed by atoms with van der Waals surface area (Å²) < 4.78 is 25.4. The number of nitrogens with zero attached hydrogens (tertiary/aromatic N) is 2. The molecular weight excluding hydrogens is 366 g/mol. The molecule has 3 aromatic rings. The molecule has 0 aliphatic carbocycles. The summed E-state index contributed by atoms with van der Waals surface area (Å²) >= 11 is 0. The van der Waals surface area contributed by atoms with Crippen molar-refractivity contribution in [1.82, 2.24) is 0 Å². The summed E-state index contributed by atoms with van der Waals surface area (Å²) in [5.41, 5.74) is 2.32. The second-order valence-electron chi connectivity index (χ2n) is 6.36. The zero-order valence-corrected chi connectivity index (χ0v) is 15.9. The first-order chi connectivity index (χ1) is 12.7. The predicted octanol–water partition coefficient (Wildman–Crippen LogP) is 4.65. The first kappa shape index (κ1) is 18.7. The molecule has 0 aliphatic rings. The van der Waals surface area contributed by atoms with Gasteiger partial charge in [0.25, 0.3) is 0 Å². The number of para-hydroxylation sites is 1. The number of anilines is 1. The van der Waals surface area contributed by atoms with Crippen molar-refractivity contribution in [3.05, 3.63) is 53.6 Å². The molecule has 3 rings (SSSR count). The highest BCUT2D eigenvalue weighted by Gasteiger charge is 2.14. The third-order valence-corrected chi connectivity index (χ3v) is 4.55. The number of sulfonamides is 1. The average Bonchev–Trinajstić information content (AvgIpc) is 2.53. The second-order valence-corrected chi connectivity index (χ2v) is 8.11. The summed E-state index contributed by atoms with van der Waals surface area (Å²) in [4.78, 5) is 0. The van der Waals surface area contributed by atoms with Crippen LogP contribution in [0.5, 0.6) is 11.5 Å². The number of fused-ring (bicyclic) bond motifs is 1. The molecule has 0 fully saturated rings. The molecule has 3 N–H and O–H groups in total. The van der Waals surface area contributed by atoms with E-state index in [9.17, 15) is 18.6 Å². The smallest absolute Gasteiger partial charge is 0.229 e. The van der Waals surface area contributed by atoms with Crippen molar-refractivity contribution < 1.29 is 18.6 Å². The molecule has 3 aromatic carbocycles. The van der Waals surface area contributed by atoms with Gasteiger partial charge in [0.1, 0.15) is 17.1 Å². The normalized spacial score (nSPS) is 12.0. The van der Waals surface area contributed by atoms with Crippen LogP contribution in [0, 0.1) is 13.8 Å². The molecule has 0 bridgehead atoms. The summed E-state index contributed by atoms with van der Waals surface area (Å²) in [6.07, 6.45) is 1.05. The number of aryl methyl sites for hydroxylation is 2. The molecule has 0 spiro atoms. The van der Waals surface area contributed by atoms with Gasteiger partial charge in [-0.25, -0.2) is 8.42 Å². The van der Waals surface area contributed by atoms with Crippen LogP contribution in [0.2, 0.25) is 0 Å². The molecule has 140 valence electrons. The Kier molecular flexibility index (Phi) is 4.75. The Balaban J connectivity index is 2.10. The molecule has 8 heteroatoms. The minimum atomic E-state index is -3.47. The van der Waals surface area contributed by atoms with E-state index in [1.165, 1.54) is 0 Å². The van der Waals surface area contributed by atoms with Gasteiger partial charge in [-0.3, -0.25) is 4.72 Å². The van der Waals surface area contributed by atoms with E-state index in [1.807, 2.05) is 13.0 Å². The maximum Gasteiger partial charge on any atom is 0.229 e. The SMILES string of the molecule is Cc1cc(O)c2c(O)c(N=Nc3ccccc3NS(C)(=O)=O)c(C)cc2c1. The number of benzene rings is 3. The molecule has 0 amide bonds. The molecule has 0 atom stereocenters. The fourth-order valence-corrected chi connectivity index (χ4v) is 3.42. The van der Waals surface area contributed by atoms with Crippen LogP contribution >= 0.6 is 0 Å². The molecule has 0 saturated carbocycles. The Morgan fingerprint density at radius 1 is 1.00 bits per heavy atom. The van der Waals surface area contributed by atoms with Crippen molar-refractivity contribution in [2.75, 3.05) is 11.0 Å². The standard InChI is InChI=1S/C19H19N3O4S/c1-11-8-13-10-12(2)18(19(24)17(13)16(23)9-11)21-20-14-6-4-5-7-15(14)22-27(3,25)26/h4-10,22-24H,1-3H3. The number of phenolic OH excluding ortho intramolecular Hbond substituents is 2. The van der Waals surface area contributed by atoms with E-state index >= 15 is 0 Å². The molecule has 0 unspecified atom stereocenters. The van der Waals surface area contributed by atoms with Gasteiger partial charge in [-0.2, -0.15) is 0 Å². The maximum absolute atomic E-state index is 11.5. The highest BCUT2D eigenvalue weighted by molar-refractivity contribution is 7.92. The fraction of sp³-hybridized carbons (Fsp3) is 0.158. The maximum atomic E-state index is 11.5. The topological polar surface area (TPSA) is 111 Å². The van der Waals surface area contributed by atoms with Crippen molar-refractivity contribution in [2.24, 2.45) is 10.2 Å². The Morgan fingerprint density at radius 2 is 1.70 bits per heavy atom. The molecule has 0 aromatic heterocycles. The average molecular weight is 385 g/mol. The molecule has 0 radical (unpaired) electrons. The summed E-state index contributed by atoms with van der Waals surface area (Å²) in [5.74, 6) is -0.224. The van der Waals surface area contributed by atoms with Crippen molar-refractivity contribution in [3.63, 3.8) is 0 Å². The van der Waals surface area contributed by atoms with Gasteiger partial charge in [-0.1, -0.05) is 18.2 Å². The number of hydrogen-bond acceptors (Lipinski definition) is 6. The molecule has 27 heavy (non-hydrogen) atoms. The first-order valence-corrected chi connectivity index (χ1v) is 9.99. The number of nitrogens with one attached hydrogen (secondary N) is 1. The minimum Gasteiger partial charge on any atom is -0.507 e. The Morgan fingerprint density at radius 3 is 2.41 bits per heavy atom. The number of phenols is 2. The minimum absolute atomic E-state index is 0.0434. The summed E-state index contributed by atoms with van der Waals surface area (Å²) in [6.45, 7) is 3.62.